The molecule has 1 N–H and O–H groups in total. The van der Waals surface area contributed by atoms with E-state index in [2.05, 4.69) is 6.92 Å². The number of hydrogen-bond acceptors (Lipinski definition) is 7. The van der Waals surface area contributed by atoms with Gasteiger partial charge in [-0.1, -0.05) is 84.0 Å². The summed E-state index contributed by atoms with van der Waals surface area (Å²) in [6.45, 7) is 2.72. The molecule has 0 bridgehead atoms. The Morgan fingerprint density at radius 1 is 0.613 bits per heavy atom. The first kappa shape index (κ1) is 30.7. The minimum atomic E-state index is -0.843. The highest BCUT2D eigenvalue weighted by molar-refractivity contribution is 4.78. The number of hydrogen-bond donors (Lipinski definition) is 1. The number of methoxy groups -OCH3 is 3. The highest BCUT2D eigenvalue weighted by Gasteiger charge is 2.30. The van der Waals surface area contributed by atoms with Gasteiger partial charge in [0.05, 0.1) is 12.7 Å². The Morgan fingerprint density at radius 3 is 1.61 bits per heavy atom. The molecule has 3 atom stereocenters. The van der Waals surface area contributed by atoms with Crippen molar-refractivity contribution in [1.29, 1.82) is 0 Å². The van der Waals surface area contributed by atoms with Crippen LogP contribution in [0, 0.1) is 0 Å². The average Bonchev–Trinajstić information content (AvgIpc) is 2.77. The van der Waals surface area contributed by atoms with Crippen LogP contribution in [-0.4, -0.2) is 71.7 Å². The van der Waals surface area contributed by atoms with Crippen LogP contribution in [0.15, 0.2) is 0 Å². The highest BCUT2D eigenvalue weighted by Crippen LogP contribution is 2.19. The van der Waals surface area contributed by atoms with Gasteiger partial charge in [-0.05, 0) is 6.42 Å². The number of ether oxygens (including phenoxy) is 6. The van der Waals surface area contributed by atoms with Crippen molar-refractivity contribution in [2.24, 2.45) is 0 Å². The second kappa shape index (κ2) is 24.4. The summed E-state index contributed by atoms with van der Waals surface area (Å²) in [5.74, 6) is 0. The summed E-state index contributed by atoms with van der Waals surface area (Å²) < 4.78 is 31.8. The Balaban J connectivity index is 4.17. The lowest BCUT2D eigenvalue weighted by Crippen LogP contribution is -2.44. The molecular weight excluding hydrogens is 400 g/mol. The number of rotatable bonds is 25. The predicted molar refractivity (Wildman–Crippen MR) is 123 cm³/mol. The van der Waals surface area contributed by atoms with Crippen LogP contribution in [0.5, 0.6) is 0 Å². The predicted octanol–water partition coefficient (Wildman–Crippen LogP) is 5.04. The van der Waals surface area contributed by atoms with Gasteiger partial charge in [-0.2, -0.15) is 0 Å². The van der Waals surface area contributed by atoms with Crippen LogP contribution in [0.1, 0.15) is 90.4 Å². The van der Waals surface area contributed by atoms with Crippen molar-refractivity contribution in [3.63, 3.8) is 0 Å². The molecule has 0 aromatic carbocycles. The SMILES string of the molecule is CCCCCCCCCCCCCC[C@H](OCOC)[C@@H](OCOC)[C@H](O)COCOC. The average molecular weight is 451 g/mol. The molecule has 7 nitrogen and oxygen atoms in total. The molecule has 0 rings (SSSR count). The van der Waals surface area contributed by atoms with Gasteiger partial charge in [-0.15, -0.1) is 0 Å². The van der Waals surface area contributed by atoms with Crippen molar-refractivity contribution >= 4 is 0 Å². The van der Waals surface area contributed by atoms with Gasteiger partial charge >= 0.3 is 0 Å². The van der Waals surface area contributed by atoms with Crippen molar-refractivity contribution in [3.05, 3.63) is 0 Å². The highest BCUT2D eigenvalue weighted by atomic mass is 16.7. The third kappa shape index (κ3) is 18.9. The van der Waals surface area contributed by atoms with Gasteiger partial charge in [0, 0.05) is 21.3 Å². The van der Waals surface area contributed by atoms with Crippen LogP contribution in [0.25, 0.3) is 0 Å². The Morgan fingerprint density at radius 2 is 1.10 bits per heavy atom. The molecule has 31 heavy (non-hydrogen) atoms. The van der Waals surface area contributed by atoms with Crippen LogP contribution >= 0.6 is 0 Å². The fourth-order valence-electron chi connectivity index (χ4n) is 3.64. The van der Waals surface area contributed by atoms with Gasteiger partial charge in [0.1, 0.15) is 32.6 Å². The van der Waals surface area contributed by atoms with E-state index in [1.54, 1.807) is 21.3 Å². The van der Waals surface area contributed by atoms with Crippen molar-refractivity contribution in [2.75, 3.05) is 48.3 Å². The summed E-state index contributed by atoms with van der Waals surface area (Å²) in [4.78, 5) is 0. The first-order chi connectivity index (χ1) is 15.2. The molecule has 0 aliphatic carbocycles. The molecular formula is C24H50O7. The van der Waals surface area contributed by atoms with Crippen molar-refractivity contribution in [3.8, 4) is 0 Å². The molecule has 0 aliphatic rings. The molecule has 0 spiro atoms. The maximum Gasteiger partial charge on any atom is 0.146 e. The molecule has 0 heterocycles. The summed E-state index contributed by atoms with van der Waals surface area (Å²) in [5.41, 5.74) is 0. The molecule has 0 saturated carbocycles. The third-order valence-electron chi connectivity index (χ3n) is 5.36. The van der Waals surface area contributed by atoms with Gasteiger partial charge < -0.3 is 33.5 Å². The maximum absolute atomic E-state index is 10.5. The second-order valence-corrected chi connectivity index (χ2v) is 8.17. The van der Waals surface area contributed by atoms with Crippen LogP contribution < -0.4 is 0 Å². The van der Waals surface area contributed by atoms with Crippen molar-refractivity contribution < 1.29 is 33.5 Å². The maximum atomic E-state index is 10.5. The number of aliphatic hydroxyl groups excluding tert-OH is 1. The Bertz CT molecular complexity index is 344. The molecule has 0 fully saturated rings. The minimum Gasteiger partial charge on any atom is -0.388 e. The molecule has 0 aromatic heterocycles. The zero-order valence-corrected chi connectivity index (χ0v) is 20.6. The van der Waals surface area contributed by atoms with Crippen LogP contribution in [-0.2, 0) is 28.4 Å². The minimum absolute atomic E-state index is 0.0806. The lowest BCUT2D eigenvalue weighted by Gasteiger charge is -2.30. The van der Waals surface area contributed by atoms with Gasteiger partial charge in [-0.3, -0.25) is 0 Å². The van der Waals surface area contributed by atoms with E-state index in [0.29, 0.717) is 0 Å². The molecule has 0 saturated heterocycles. The van der Waals surface area contributed by atoms with Gasteiger partial charge in [-0.25, -0.2) is 0 Å². The molecule has 188 valence electrons. The molecule has 0 unspecified atom stereocenters. The summed E-state index contributed by atoms with van der Waals surface area (Å²) in [5, 5.41) is 10.5. The zero-order valence-electron chi connectivity index (χ0n) is 20.6. The number of unbranched alkanes of at least 4 members (excludes halogenated alkanes) is 11. The smallest absolute Gasteiger partial charge is 0.146 e. The molecule has 0 amide bonds. The Kier molecular flexibility index (Phi) is 24.1. The monoisotopic (exact) mass is 450 g/mol. The van der Waals surface area contributed by atoms with Crippen LogP contribution in [0.3, 0.4) is 0 Å². The lowest BCUT2D eigenvalue weighted by atomic mass is 10.00. The summed E-state index contributed by atoms with van der Waals surface area (Å²) >= 11 is 0. The fourth-order valence-corrected chi connectivity index (χ4v) is 3.64. The third-order valence-corrected chi connectivity index (χ3v) is 5.36. The van der Waals surface area contributed by atoms with Crippen LogP contribution in [0.4, 0.5) is 0 Å². The van der Waals surface area contributed by atoms with E-state index in [1.807, 2.05) is 0 Å². The number of aliphatic hydroxyl groups is 1. The summed E-state index contributed by atoms with van der Waals surface area (Å²) in [7, 11) is 4.69. The fraction of sp³-hybridized carbons (Fsp3) is 1.00. The van der Waals surface area contributed by atoms with E-state index in [4.69, 9.17) is 28.4 Å². The van der Waals surface area contributed by atoms with Crippen LogP contribution in [0.2, 0.25) is 0 Å². The summed E-state index contributed by atoms with van der Waals surface area (Å²) in [6, 6.07) is 0. The summed E-state index contributed by atoms with van der Waals surface area (Å²) in [6.07, 6.45) is 14.7. The second-order valence-electron chi connectivity index (χ2n) is 8.17. The standard InChI is InChI=1S/C24H50O7/c1-5-6-7-8-9-10-11-12-13-14-15-16-17-23(30-20-27-3)24(31-21-28-4)22(25)18-29-19-26-2/h22-25H,5-21H2,1-4H3/t22-,23+,24+/m1/s1. The van der Waals surface area contributed by atoms with E-state index in [9.17, 15) is 5.11 Å². The largest absolute Gasteiger partial charge is 0.388 e. The molecule has 0 radical (unpaired) electrons. The van der Waals surface area contributed by atoms with E-state index in [1.165, 1.54) is 64.2 Å². The van der Waals surface area contributed by atoms with E-state index < -0.39 is 12.2 Å². The van der Waals surface area contributed by atoms with Gasteiger partial charge in [0.2, 0.25) is 0 Å². The van der Waals surface area contributed by atoms with E-state index in [-0.39, 0.29) is 33.1 Å². The molecule has 0 aliphatic heterocycles. The van der Waals surface area contributed by atoms with Gasteiger partial charge in [0.25, 0.3) is 0 Å². The first-order valence-electron chi connectivity index (χ1n) is 12.2. The zero-order chi connectivity index (χ0) is 23.0. The quantitative estimate of drug-likeness (QED) is 0.154. The van der Waals surface area contributed by atoms with Crippen molar-refractivity contribution in [1.82, 2.24) is 0 Å². The lowest BCUT2D eigenvalue weighted by molar-refractivity contribution is -0.198. The van der Waals surface area contributed by atoms with E-state index in [0.717, 1.165) is 19.3 Å². The van der Waals surface area contributed by atoms with Gasteiger partial charge in [0.15, 0.2) is 0 Å². The Labute approximate surface area is 191 Å². The van der Waals surface area contributed by atoms with E-state index >= 15 is 0 Å². The Hall–Kier alpha value is -0.280. The molecule has 7 heteroatoms. The van der Waals surface area contributed by atoms with Crippen molar-refractivity contribution in [2.45, 2.75) is 109 Å². The first-order valence-corrected chi connectivity index (χ1v) is 12.2. The molecule has 0 aromatic rings. The normalized spacial score (nSPS) is 14.6. The topological polar surface area (TPSA) is 75.6 Å².